The minimum Gasteiger partial charge on any atom is -0.334 e. The number of carbonyl (C=O) groups excluding carboxylic acids is 1. The molecule has 1 aromatic carbocycles. The lowest BCUT2D eigenvalue weighted by Gasteiger charge is -2.25. The van der Waals surface area contributed by atoms with Gasteiger partial charge in [0.25, 0.3) is 5.91 Å². The lowest BCUT2D eigenvalue weighted by molar-refractivity contribution is 0.0730. The van der Waals surface area contributed by atoms with Crippen molar-refractivity contribution in [3.63, 3.8) is 0 Å². The fourth-order valence-electron chi connectivity index (χ4n) is 2.91. The van der Waals surface area contributed by atoms with Gasteiger partial charge in [-0.2, -0.15) is 0 Å². The minimum atomic E-state index is -0.133. The molecule has 2 aromatic rings. The summed E-state index contributed by atoms with van der Waals surface area (Å²) in [6.07, 6.45) is 2.85. The van der Waals surface area contributed by atoms with E-state index < -0.39 is 0 Å². The van der Waals surface area contributed by atoms with E-state index in [-0.39, 0.29) is 22.8 Å². The molecular formula is C17H16Cl2N2O. The van der Waals surface area contributed by atoms with Crippen LogP contribution < -0.4 is 0 Å². The summed E-state index contributed by atoms with van der Waals surface area (Å²) in [5.41, 5.74) is 1.48. The van der Waals surface area contributed by atoms with E-state index in [2.05, 4.69) is 17.1 Å². The van der Waals surface area contributed by atoms with Crippen LogP contribution in [0.5, 0.6) is 0 Å². The number of aromatic nitrogens is 1. The summed E-state index contributed by atoms with van der Waals surface area (Å²) in [7, 11) is 0. The van der Waals surface area contributed by atoms with Gasteiger partial charge in [-0.1, -0.05) is 53.5 Å². The molecule has 0 bridgehead atoms. The SMILES string of the molecule is O=C(c1nc(Cl)ccc1Cl)N1CCCC1Cc1ccccc1. The van der Waals surface area contributed by atoms with E-state index in [1.54, 1.807) is 12.1 Å². The Morgan fingerprint density at radius 1 is 1.18 bits per heavy atom. The maximum Gasteiger partial charge on any atom is 0.274 e. The van der Waals surface area contributed by atoms with Crippen LogP contribution in [0.2, 0.25) is 10.2 Å². The quantitative estimate of drug-likeness (QED) is 0.786. The van der Waals surface area contributed by atoms with Gasteiger partial charge in [0.1, 0.15) is 10.8 Å². The molecule has 5 heteroatoms. The molecular weight excluding hydrogens is 319 g/mol. The Morgan fingerprint density at radius 3 is 2.73 bits per heavy atom. The molecule has 1 amide bonds. The summed E-state index contributed by atoms with van der Waals surface area (Å²) in [6, 6.07) is 13.6. The summed E-state index contributed by atoms with van der Waals surface area (Å²) >= 11 is 12.0. The van der Waals surface area contributed by atoms with Crippen LogP contribution in [0.15, 0.2) is 42.5 Å². The molecule has 3 rings (SSSR count). The van der Waals surface area contributed by atoms with Crippen LogP contribution in [0.3, 0.4) is 0 Å². The first-order chi connectivity index (χ1) is 10.6. The van der Waals surface area contributed by atoms with Crippen molar-refractivity contribution >= 4 is 29.1 Å². The van der Waals surface area contributed by atoms with Gasteiger partial charge in [0.2, 0.25) is 0 Å². The van der Waals surface area contributed by atoms with Gasteiger partial charge in [0.05, 0.1) is 5.02 Å². The summed E-state index contributed by atoms with van der Waals surface area (Å²) in [6.45, 7) is 0.737. The average Bonchev–Trinajstić information content (AvgIpc) is 2.98. The zero-order valence-electron chi connectivity index (χ0n) is 12.0. The fourth-order valence-corrected chi connectivity index (χ4v) is 3.24. The van der Waals surface area contributed by atoms with Crippen molar-refractivity contribution in [2.75, 3.05) is 6.54 Å². The Morgan fingerprint density at radius 2 is 1.95 bits per heavy atom. The molecule has 0 saturated carbocycles. The van der Waals surface area contributed by atoms with E-state index in [1.807, 2.05) is 23.1 Å². The number of hydrogen-bond acceptors (Lipinski definition) is 2. The van der Waals surface area contributed by atoms with Crippen molar-refractivity contribution in [2.45, 2.75) is 25.3 Å². The molecule has 0 spiro atoms. The first kappa shape index (κ1) is 15.3. The molecule has 1 fully saturated rings. The van der Waals surface area contributed by atoms with Crippen molar-refractivity contribution < 1.29 is 4.79 Å². The second-order valence-corrected chi connectivity index (χ2v) is 6.24. The van der Waals surface area contributed by atoms with Gasteiger partial charge in [-0.05, 0) is 37.0 Å². The lowest BCUT2D eigenvalue weighted by Crippen LogP contribution is -2.37. The monoisotopic (exact) mass is 334 g/mol. The van der Waals surface area contributed by atoms with Gasteiger partial charge in [0.15, 0.2) is 0 Å². The standard InChI is InChI=1S/C17H16Cl2N2O/c18-14-8-9-15(19)20-16(14)17(22)21-10-4-7-13(21)11-12-5-2-1-3-6-12/h1-3,5-6,8-9,13H,4,7,10-11H2. The molecule has 3 nitrogen and oxygen atoms in total. The summed E-state index contributed by atoms with van der Waals surface area (Å²) < 4.78 is 0. The smallest absolute Gasteiger partial charge is 0.274 e. The van der Waals surface area contributed by atoms with Gasteiger partial charge >= 0.3 is 0 Å². The Labute approximate surface area is 139 Å². The van der Waals surface area contributed by atoms with Crippen molar-refractivity contribution in [3.8, 4) is 0 Å². The molecule has 1 aromatic heterocycles. The van der Waals surface area contributed by atoms with Crippen LogP contribution in [0, 0.1) is 0 Å². The van der Waals surface area contributed by atoms with Crippen molar-refractivity contribution in [1.82, 2.24) is 9.88 Å². The molecule has 0 radical (unpaired) electrons. The molecule has 114 valence electrons. The summed E-state index contributed by atoms with van der Waals surface area (Å²) in [4.78, 5) is 18.7. The first-order valence-electron chi connectivity index (χ1n) is 7.32. The van der Waals surface area contributed by atoms with Crippen LogP contribution in [-0.2, 0) is 6.42 Å². The molecule has 2 heterocycles. The molecule has 1 unspecified atom stereocenters. The molecule has 0 N–H and O–H groups in total. The van der Waals surface area contributed by atoms with Gasteiger partial charge in [-0.15, -0.1) is 0 Å². The molecule has 0 aliphatic carbocycles. The maximum absolute atomic E-state index is 12.7. The van der Waals surface area contributed by atoms with E-state index >= 15 is 0 Å². The molecule has 1 saturated heterocycles. The number of amides is 1. The second kappa shape index (κ2) is 6.67. The second-order valence-electron chi connectivity index (χ2n) is 5.45. The van der Waals surface area contributed by atoms with Crippen LogP contribution in [0.1, 0.15) is 28.9 Å². The van der Waals surface area contributed by atoms with Crippen molar-refractivity contribution in [3.05, 3.63) is 63.9 Å². The van der Waals surface area contributed by atoms with Crippen LogP contribution in [0.25, 0.3) is 0 Å². The van der Waals surface area contributed by atoms with Gasteiger partial charge in [0, 0.05) is 12.6 Å². The van der Waals surface area contributed by atoms with E-state index in [9.17, 15) is 4.79 Å². The van der Waals surface area contributed by atoms with Crippen LogP contribution in [-0.4, -0.2) is 28.4 Å². The highest BCUT2D eigenvalue weighted by Crippen LogP contribution is 2.26. The minimum absolute atomic E-state index is 0.133. The number of pyridine rings is 1. The van der Waals surface area contributed by atoms with Gasteiger partial charge in [-0.3, -0.25) is 4.79 Å². The van der Waals surface area contributed by atoms with Gasteiger partial charge < -0.3 is 4.90 Å². The Balaban J connectivity index is 1.80. The molecule has 1 aliphatic heterocycles. The number of halogens is 2. The zero-order valence-corrected chi connectivity index (χ0v) is 13.5. The number of nitrogens with zero attached hydrogens (tertiary/aromatic N) is 2. The zero-order chi connectivity index (χ0) is 15.5. The van der Waals surface area contributed by atoms with E-state index in [4.69, 9.17) is 23.2 Å². The Kier molecular flexibility index (Phi) is 4.65. The first-order valence-corrected chi connectivity index (χ1v) is 8.07. The van der Waals surface area contributed by atoms with E-state index in [0.29, 0.717) is 5.02 Å². The fraction of sp³-hybridized carbons (Fsp3) is 0.294. The number of likely N-dealkylation sites (tertiary alicyclic amines) is 1. The van der Waals surface area contributed by atoms with Gasteiger partial charge in [-0.25, -0.2) is 4.98 Å². The van der Waals surface area contributed by atoms with E-state index in [0.717, 1.165) is 25.8 Å². The third-order valence-corrected chi connectivity index (χ3v) is 4.48. The number of hydrogen-bond donors (Lipinski definition) is 0. The third-order valence-electron chi connectivity index (χ3n) is 3.97. The average molecular weight is 335 g/mol. The lowest BCUT2D eigenvalue weighted by atomic mass is 10.0. The van der Waals surface area contributed by atoms with E-state index in [1.165, 1.54) is 5.56 Å². The molecule has 1 aliphatic rings. The predicted molar refractivity (Wildman–Crippen MR) is 88.5 cm³/mol. The topological polar surface area (TPSA) is 33.2 Å². The largest absolute Gasteiger partial charge is 0.334 e. The van der Waals surface area contributed by atoms with Crippen LogP contribution in [0.4, 0.5) is 0 Å². The molecule has 1 atom stereocenters. The third kappa shape index (κ3) is 3.26. The number of rotatable bonds is 3. The Hall–Kier alpha value is -1.58. The Bertz CT molecular complexity index is 676. The number of carbonyl (C=O) groups is 1. The maximum atomic E-state index is 12.7. The highest BCUT2D eigenvalue weighted by molar-refractivity contribution is 6.34. The van der Waals surface area contributed by atoms with Crippen LogP contribution >= 0.6 is 23.2 Å². The highest BCUT2D eigenvalue weighted by Gasteiger charge is 2.31. The highest BCUT2D eigenvalue weighted by atomic mass is 35.5. The normalized spacial score (nSPS) is 17.7. The number of benzene rings is 1. The summed E-state index contributed by atoms with van der Waals surface area (Å²) in [5.74, 6) is -0.133. The summed E-state index contributed by atoms with van der Waals surface area (Å²) in [5, 5.41) is 0.631. The molecule has 22 heavy (non-hydrogen) atoms. The van der Waals surface area contributed by atoms with Crippen molar-refractivity contribution in [1.29, 1.82) is 0 Å². The van der Waals surface area contributed by atoms with Crippen molar-refractivity contribution in [2.24, 2.45) is 0 Å². The predicted octanol–water partition coefficient (Wildman–Crippen LogP) is 4.24.